The third-order valence-corrected chi connectivity index (χ3v) is 8.37. The zero-order valence-electron chi connectivity index (χ0n) is 23.7. The average molecular weight is 549 g/mol. The number of carbonyl (C=O) groups is 1. The standard InChI is InChI=1S/C27H48O11/c1-8-16(14-28)9-15(2)19-10-17(34-5)13-22(29)26(3,4)27(33)24(31)21(36-7)12-18(38-27)11-20(35-6)23(30)25(32)37-19/h9,16-24,28-31,33H,8,10-14H2,1-7H3/b15-9-/t16-,17+,18+,19+,20-,21-,22?,23+,24?,27?/m1/s1. The van der Waals surface area contributed by atoms with Crippen LogP contribution in [0.2, 0.25) is 0 Å². The molecule has 11 heteroatoms. The number of esters is 1. The van der Waals surface area contributed by atoms with Crippen molar-refractivity contribution in [3.05, 3.63) is 11.6 Å². The van der Waals surface area contributed by atoms with Crippen LogP contribution in [0.1, 0.15) is 59.8 Å². The molecule has 0 aliphatic carbocycles. The molecule has 5 N–H and O–H groups in total. The van der Waals surface area contributed by atoms with Crippen molar-refractivity contribution >= 4 is 5.97 Å². The van der Waals surface area contributed by atoms with Crippen molar-refractivity contribution in [3.63, 3.8) is 0 Å². The summed E-state index contributed by atoms with van der Waals surface area (Å²) in [7, 11) is 4.20. The van der Waals surface area contributed by atoms with Crippen LogP contribution in [0.4, 0.5) is 0 Å². The van der Waals surface area contributed by atoms with E-state index in [1.165, 1.54) is 21.3 Å². The van der Waals surface area contributed by atoms with Gasteiger partial charge in [-0.25, -0.2) is 4.79 Å². The fourth-order valence-electron chi connectivity index (χ4n) is 5.30. The fraction of sp³-hybridized carbons (Fsp3) is 0.889. The third kappa shape index (κ3) is 7.13. The molecule has 2 aliphatic heterocycles. The first-order valence-electron chi connectivity index (χ1n) is 13.3. The number of aliphatic hydroxyl groups is 5. The minimum atomic E-state index is -2.23. The van der Waals surface area contributed by atoms with Crippen LogP contribution in [-0.4, -0.2) is 114 Å². The van der Waals surface area contributed by atoms with Crippen LogP contribution in [0.25, 0.3) is 0 Å². The van der Waals surface area contributed by atoms with E-state index in [-0.39, 0.29) is 38.2 Å². The van der Waals surface area contributed by atoms with E-state index in [2.05, 4.69) is 0 Å². The summed E-state index contributed by atoms with van der Waals surface area (Å²) in [5.74, 6) is -3.29. The van der Waals surface area contributed by atoms with Crippen molar-refractivity contribution in [1.82, 2.24) is 0 Å². The van der Waals surface area contributed by atoms with E-state index in [1.54, 1.807) is 20.8 Å². The Labute approximate surface area is 225 Å². The molecule has 10 atom stereocenters. The molecule has 222 valence electrons. The average Bonchev–Trinajstić information content (AvgIpc) is 2.89. The zero-order valence-corrected chi connectivity index (χ0v) is 23.7. The Morgan fingerprint density at radius 1 is 1.05 bits per heavy atom. The number of methoxy groups -OCH3 is 3. The van der Waals surface area contributed by atoms with Crippen LogP contribution in [-0.2, 0) is 28.5 Å². The van der Waals surface area contributed by atoms with Crippen molar-refractivity contribution < 1.29 is 54.0 Å². The molecule has 2 bridgehead atoms. The van der Waals surface area contributed by atoms with Gasteiger partial charge in [0.2, 0.25) is 5.79 Å². The summed E-state index contributed by atoms with van der Waals surface area (Å²) in [6.07, 6.45) is -5.71. The minimum absolute atomic E-state index is 0.0174. The summed E-state index contributed by atoms with van der Waals surface area (Å²) in [5, 5.41) is 54.7. The highest BCUT2D eigenvalue weighted by molar-refractivity contribution is 5.75. The number of hydrogen-bond donors (Lipinski definition) is 5. The Balaban J connectivity index is 2.56. The maximum absolute atomic E-state index is 13.1. The Hall–Kier alpha value is -1.15. The van der Waals surface area contributed by atoms with Crippen LogP contribution in [0.5, 0.6) is 0 Å². The molecular formula is C27H48O11. The molecule has 2 aliphatic rings. The molecule has 0 aromatic carbocycles. The largest absolute Gasteiger partial charge is 0.456 e. The summed E-state index contributed by atoms with van der Waals surface area (Å²) in [6, 6.07) is 0. The molecule has 38 heavy (non-hydrogen) atoms. The van der Waals surface area contributed by atoms with Crippen LogP contribution in [0.3, 0.4) is 0 Å². The fourth-order valence-corrected chi connectivity index (χ4v) is 5.30. The van der Waals surface area contributed by atoms with Crippen molar-refractivity contribution in [3.8, 4) is 0 Å². The van der Waals surface area contributed by atoms with Gasteiger partial charge in [-0.15, -0.1) is 0 Å². The van der Waals surface area contributed by atoms with Crippen LogP contribution in [0.15, 0.2) is 11.6 Å². The van der Waals surface area contributed by atoms with Gasteiger partial charge >= 0.3 is 5.97 Å². The van der Waals surface area contributed by atoms with Crippen molar-refractivity contribution in [2.24, 2.45) is 11.3 Å². The van der Waals surface area contributed by atoms with E-state index in [9.17, 15) is 30.3 Å². The minimum Gasteiger partial charge on any atom is -0.456 e. The quantitative estimate of drug-likeness (QED) is 0.224. The van der Waals surface area contributed by atoms with Crippen molar-refractivity contribution in [2.75, 3.05) is 27.9 Å². The molecule has 0 aromatic rings. The molecule has 2 heterocycles. The molecule has 2 fully saturated rings. The van der Waals surface area contributed by atoms with E-state index >= 15 is 0 Å². The molecule has 0 spiro atoms. The smallest absolute Gasteiger partial charge is 0.338 e. The van der Waals surface area contributed by atoms with Crippen molar-refractivity contribution in [2.45, 2.75) is 114 Å². The highest BCUT2D eigenvalue weighted by Crippen LogP contribution is 2.46. The van der Waals surface area contributed by atoms with Gasteiger partial charge in [-0.2, -0.15) is 0 Å². The number of rotatable bonds is 7. The molecule has 2 saturated heterocycles. The first kappa shape index (κ1) is 33.1. The summed E-state index contributed by atoms with van der Waals surface area (Å²) >= 11 is 0. The van der Waals surface area contributed by atoms with Gasteiger partial charge in [0.05, 0.1) is 30.5 Å². The molecule has 0 amide bonds. The number of hydrogen-bond acceptors (Lipinski definition) is 11. The molecule has 3 unspecified atom stereocenters. The van der Waals surface area contributed by atoms with Crippen molar-refractivity contribution in [1.29, 1.82) is 0 Å². The van der Waals surface area contributed by atoms with E-state index in [0.717, 1.165) is 0 Å². The summed E-state index contributed by atoms with van der Waals surface area (Å²) in [6.45, 7) is 6.81. The number of aliphatic hydroxyl groups excluding tert-OH is 4. The second-order valence-electron chi connectivity index (χ2n) is 11.1. The predicted octanol–water partition coefficient (Wildman–Crippen LogP) is 0.678. The van der Waals surface area contributed by atoms with Gasteiger partial charge in [-0.1, -0.05) is 26.8 Å². The number of cyclic esters (lactones) is 1. The van der Waals surface area contributed by atoms with Gasteiger partial charge in [0.1, 0.15) is 12.2 Å². The Kier molecular flexibility index (Phi) is 12.1. The SMILES string of the molecule is CC[C@H](/C=C(/C)[C@@H]1C[C@H](OC)CC(O)C(C)(C)C2(O)O[C@H](C[C@@H](OC)C2O)C[C@@H](OC)[C@H](O)C(=O)O1)CO. The Bertz CT molecular complexity index is 783. The van der Waals surface area contributed by atoms with Gasteiger partial charge in [0, 0.05) is 65.0 Å². The van der Waals surface area contributed by atoms with Crippen LogP contribution < -0.4 is 0 Å². The van der Waals surface area contributed by atoms with Gasteiger partial charge in [-0.3, -0.25) is 0 Å². The predicted molar refractivity (Wildman–Crippen MR) is 137 cm³/mol. The van der Waals surface area contributed by atoms with Crippen LogP contribution in [0, 0.1) is 11.3 Å². The van der Waals surface area contributed by atoms with Gasteiger partial charge in [0.25, 0.3) is 0 Å². The lowest BCUT2D eigenvalue weighted by molar-refractivity contribution is -0.379. The summed E-state index contributed by atoms with van der Waals surface area (Å²) in [4.78, 5) is 13.1. The van der Waals surface area contributed by atoms with E-state index < -0.39 is 66.0 Å². The maximum atomic E-state index is 13.1. The van der Waals surface area contributed by atoms with Gasteiger partial charge < -0.3 is 49.2 Å². The molecule has 0 saturated carbocycles. The molecular weight excluding hydrogens is 500 g/mol. The first-order chi connectivity index (χ1) is 17.8. The number of ether oxygens (including phenoxy) is 5. The van der Waals surface area contributed by atoms with E-state index in [4.69, 9.17) is 23.7 Å². The second kappa shape index (κ2) is 14.0. The molecule has 11 nitrogen and oxygen atoms in total. The first-order valence-corrected chi connectivity index (χ1v) is 13.3. The molecule has 0 aromatic heterocycles. The third-order valence-electron chi connectivity index (χ3n) is 8.37. The highest BCUT2D eigenvalue weighted by atomic mass is 16.7. The normalized spacial score (nSPS) is 40.2. The lowest BCUT2D eigenvalue weighted by Gasteiger charge is -2.54. The topological polar surface area (TPSA) is 164 Å². The summed E-state index contributed by atoms with van der Waals surface area (Å²) < 4.78 is 28.3. The monoisotopic (exact) mass is 548 g/mol. The Morgan fingerprint density at radius 2 is 1.66 bits per heavy atom. The molecule has 0 radical (unpaired) electrons. The number of carbonyl (C=O) groups excluding carboxylic acids is 1. The Morgan fingerprint density at radius 3 is 2.18 bits per heavy atom. The lowest BCUT2D eigenvalue weighted by atomic mass is 9.70. The van der Waals surface area contributed by atoms with E-state index in [0.29, 0.717) is 12.0 Å². The highest BCUT2D eigenvalue weighted by Gasteiger charge is 2.60. The van der Waals surface area contributed by atoms with E-state index in [1.807, 2.05) is 13.0 Å². The maximum Gasteiger partial charge on any atom is 0.338 e. The number of fused-ring (bicyclic) bond motifs is 2. The van der Waals surface area contributed by atoms with Gasteiger partial charge in [-0.05, 0) is 18.9 Å². The second-order valence-corrected chi connectivity index (χ2v) is 11.1. The lowest BCUT2D eigenvalue weighted by Crippen LogP contribution is -2.68. The zero-order chi connectivity index (χ0) is 28.8. The summed E-state index contributed by atoms with van der Waals surface area (Å²) in [5.41, 5.74) is -0.730. The van der Waals surface area contributed by atoms with Gasteiger partial charge in [0.15, 0.2) is 6.10 Å². The van der Waals surface area contributed by atoms with Crippen LogP contribution >= 0.6 is 0 Å². The molecule has 2 rings (SSSR count).